The molecule has 0 bridgehead atoms. The SMILES string of the molecule is COc1cc(OC)c(C[C@H](C)N)cc1I. The van der Waals surface area contributed by atoms with E-state index in [1.54, 1.807) is 14.2 Å². The highest BCUT2D eigenvalue weighted by Crippen LogP contribution is 2.30. The third-order valence-corrected chi connectivity index (χ3v) is 2.94. The van der Waals surface area contributed by atoms with Crippen LogP contribution in [0.3, 0.4) is 0 Å². The predicted octanol–water partition coefficient (Wildman–Crippen LogP) is 2.20. The third-order valence-electron chi connectivity index (χ3n) is 2.10. The second-order valence-electron chi connectivity index (χ2n) is 3.48. The van der Waals surface area contributed by atoms with E-state index >= 15 is 0 Å². The Labute approximate surface area is 104 Å². The summed E-state index contributed by atoms with van der Waals surface area (Å²) in [6, 6.07) is 4.09. The van der Waals surface area contributed by atoms with Crippen molar-refractivity contribution < 1.29 is 9.47 Å². The molecule has 0 heterocycles. The van der Waals surface area contributed by atoms with E-state index in [-0.39, 0.29) is 6.04 Å². The van der Waals surface area contributed by atoms with Crippen molar-refractivity contribution in [3.05, 3.63) is 21.3 Å². The Morgan fingerprint density at radius 2 is 1.87 bits per heavy atom. The van der Waals surface area contributed by atoms with Gasteiger partial charge in [0.25, 0.3) is 0 Å². The highest BCUT2D eigenvalue weighted by molar-refractivity contribution is 14.1. The molecule has 0 aliphatic carbocycles. The topological polar surface area (TPSA) is 44.5 Å². The van der Waals surface area contributed by atoms with E-state index < -0.39 is 0 Å². The van der Waals surface area contributed by atoms with Crippen LogP contribution in [-0.2, 0) is 6.42 Å². The molecule has 1 rings (SSSR count). The van der Waals surface area contributed by atoms with Crippen molar-refractivity contribution in [2.45, 2.75) is 19.4 Å². The van der Waals surface area contributed by atoms with Crippen LogP contribution in [-0.4, -0.2) is 20.3 Å². The van der Waals surface area contributed by atoms with Crippen molar-refractivity contribution in [1.29, 1.82) is 0 Å². The summed E-state index contributed by atoms with van der Waals surface area (Å²) in [6.45, 7) is 1.98. The third kappa shape index (κ3) is 3.24. The minimum absolute atomic E-state index is 0.128. The zero-order valence-corrected chi connectivity index (χ0v) is 11.4. The van der Waals surface area contributed by atoms with Gasteiger partial charge in [-0.25, -0.2) is 0 Å². The fourth-order valence-electron chi connectivity index (χ4n) is 1.43. The van der Waals surface area contributed by atoms with Gasteiger partial charge in [-0.2, -0.15) is 0 Å². The molecule has 4 heteroatoms. The van der Waals surface area contributed by atoms with Crippen LogP contribution in [0.2, 0.25) is 0 Å². The van der Waals surface area contributed by atoms with Gasteiger partial charge in [0.15, 0.2) is 0 Å². The quantitative estimate of drug-likeness (QED) is 0.865. The van der Waals surface area contributed by atoms with E-state index in [4.69, 9.17) is 15.2 Å². The largest absolute Gasteiger partial charge is 0.496 e. The fourth-order valence-corrected chi connectivity index (χ4v) is 2.18. The van der Waals surface area contributed by atoms with E-state index in [2.05, 4.69) is 28.7 Å². The minimum atomic E-state index is 0.128. The summed E-state index contributed by atoms with van der Waals surface area (Å²) in [4.78, 5) is 0. The van der Waals surface area contributed by atoms with Crippen LogP contribution in [0.25, 0.3) is 0 Å². The Bertz CT molecular complexity index is 340. The molecule has 0 spiro atoms. The second-order valence-corrected chi connectivity index (χ2v) is 4.64. The smallest absolute Gasteiger partial charge is 0.135 e. The molecule has 15 heavy (non-hydrogen) atoms. The number of nitrogens with two attached hydrogens (primary N) is 1. The van der Waals surface area contributed by atoms with E-state index in [9.17, 15) is 0 Å². The van der Waals surface area contributed by atoms with Crippen LogP contribution < -0.4 is 15.2 Å². The van der Waals surface area contributed by atoms with Gasteiger partial charge in [0.2, 0.25) is 0 Å². The molecule has 0 radical (unpaired) electrons. The van der Waals surface area contributed by atoms with Gasteiger partial charge >= 0.3 is 0 Å². The van der Waals surface area contributed by atoms with Crippen molar-refractivity contribution in [3.63, 3.8) is 0 Å². The molecule has 0 aromatic heterocycles. The average Bonchev–Trinajstić information content (AvgIpc) is 2.17. The van der Waals surface area contributed by atoms with E-state index in [1.165, 1.54) is 0 Å². The summed E-state index contributed by atoms with van der Waals surface area (Å²) in [6.07, 6.45) is 0.809. The molecule has 1 atom stereocenters. The van der Waals surface area contributed by atoms with E-state index in [0.29, 0.717) is 0 Å². The summed E-state index contributed by atoms with van der Waals surface area (Å²) in [5.74, 6) is 1.67. The van der Waals surface area contributed by atoms with Crippen LogP contribution in [0.1, 0.15) is 12.5 Å². The van der Waals surface area contributed by atoms with Gasteiger partial charge in [-0.1, -0.05) is 0 Å². The first-order chi connectivity index (χ1) is 7.08. The maximum absolute atomic E-state index is 5.78. The highest BCUT2D eigenvalue weighted by atomic mass is 127. The summed E-state index contributed by atoms with van der Waals surface area (Å²) in [5, 5.41) is 0. The monoisotopic (exact) mass is 321 g/mol. The standard InChI is InChI=1S/C11H16INO2/c1-7(13)4-8-5-9(12)11(15-3)6-10(8)14-2/h5-7H,4,13H2,1-3H3/t7-/m0/s1. The Hall–Kier alpha value is -0.490. The molecule has 0 amide bonds. The molecule has 0 unspecified atom stereocenters. The first-order valence-electron chi connectivity index (χ1n) is 4.74. The lowest BCUT2D eigenvalue weighted by Gasteiger charge is -2.13. The van der Waals surface area contributed by atoms with Crippen LogP contribution in [0.15, 0.2) is 12.1 Å². The Balaban J connectivity index is 3.09. The normalized spacial score (nSPS) is 12.3. The molecule has 84 valence electrons. The Morgan fingerprint density at radius 3 is 2.33 bits per heavy atom. The van der Waals surface area contributed by atoms with Crippen LogP contribution >= 0.6 is 22.6 Å². The number of methoxy groups -OCH3 is 2. The first kappa shape index (κ1) is 12.6. The lowest BCUT2D eigenvalue weighted by molar-refractivity contribution is 0.388. The van der Waals surface area contributed by atoms with E-state index in [1.807, 2.05) is 13.0 Å². The van der Waals surface area contributed by atoms with Gasteiger partial charge in [0, 0.05) is 12.1 Å². The van der Waals surface area contributed by atoms with Crippen LogP contribution in [0.4, 0.5) is 0 Å². The van der Waals surface area contributed by atoms with Gasteiger partial charge < -0.3 is 15.2 Å². The maximum atomic E-state index is 5.78. The predicted molar refractivity (Wildman–Crippen MR) is 69.6 cm³/mol. The summed E-state index contributed by atoms with van der Waals surface area (Å²) >= 11 is 2.24. The lowest BCUT2D eigenvalue weighted by Crippen LogP contribution is -2.18. The Morgan fingerprint density at radius 1 is 1.27 bits per heavy atom. The second kappa shape index (κ2) is 5.55. The van der Waals surface area contributed by atoms with Gasteiger partial charge in [0.05, 0.1) is 17.8 Å². The number of rotatable bonds is 4. The molecule has 0 fully saturated rings. The number of ether oxygens (including phenoxy) is 2. The molecular formula is C11H16INO2. The molecule has 0 aliphatic rings. The van der Waals surface area contributed by atoms with Crippen LogP contribution in [0, 0.1) is 3.57 Å². The van der Waals surface area contributed by atoms with Gasteiger partial charge in [-0.3, -0.25) is 0 Å². The lowest BCUT2D eigenvalue weighted by atomic mass is 10.1. The number of hydrogen-bond acceptors (Lipinski definition) is 3. The van der Waals surface area contributed by atoms with Crippen molar-refractivity contribution in [3.8, 4) is 11.5 Å². The zero-order chi connectivity index (χ0) is 11.4. The molecular weight excluding hydrogens is 305 g/mol. The molecule has 0 saturated carbocycles. The number of benzene rings is 1. The summed E-state index contributed by atoms with van der Waals surface area (Å²) < 4.78 is 11.6. The van der Waals surface area contributed by atoms with Gasteiger partial charge in [-0.15, -0.1) is 0 Å². The fraction of sp³-hybridized carbons (Fsp3) is 0.455. The molecule has 0 saturated heterocycles. The first-order valence-corrected chi connectivity index (χ1v) is 5.82. The van der Waals surface area contributed by atoms with Crippen molar-refractivity contribution in [1.82, 2.24) is 0 Å². The average molecular weight is 321 g/mol. The summed E-state index contributed by atoms with van der Waals surface area (Å²) in [5.41, 5.74) is 6.90. The van der Waals surface area contributed by atoms with Gasteiger partial charge in [-0.05, 0) is 47.6 Å². The van der Waals surface area contributed by atoms with Crippen molar-refractivity contribution in [2.24, 2.45) is 5.73 Å². The number of hydrogen-bond donors (Lipinski definition) is 1. The molecule has 0 aliphatic heterocycles. The minimum Gasteiger partial charge on any atom is -0.496 e. The van der Waals surface area contributed by atoms with Crippen LogP contribution in [0.5, 0.6) is 11.5 Å². The molecule has 1 aromatic carbocycles. The molecule has 1 aromatic rings. The van der Waals surface area contributed by atoms with Gasteiger partial charge in [0.1, 0.15) is 11.5 Å². The highest BCUT2D eigenvalue weighted by Gasteiger charge is 2.10. The Kier molecular flexibility index (Phi) is 4.66. The van der Waals surface area contributed by atoms with E-state index in [0.717, 1.165) is 27.1 Å². The maximum Gasteiger partial charge on any atom is 0.135 e. The summed E-state index contributed by atoms with van der Waals surface area (Å²) in [7, 11) is 3.31. The number of halogens is 1. The zero-order valence-electron chi connectivity index (χ0n) is 9.21. The molecule has 2 N–H and O–H groups in total. The van der Waals surface area contributed by atoms with Crippen molar-refractivity contribution >= 4 is 22.6 Å². The van der Waals surface area contributed by atoms with Crippen molar-refractivity contribution in [2.75, 3.05) is 14.2 Å². The molecule has 3 nitrogen and oxygen atoms in total.